The van der Waals surface area contributed by atoms with Gasteiger partial charge in [0.05, 0.1) is 24.2 Å². The molecule has 1 aromatic heterocycles. The molecule has 126 valence electrons. The molecule has 0 spiro atoms. The Morgan fingerprint density at radius 3 is 2.35 bits per heavy atom. The number of imidazole rings is 1. The molecule has 1 aliphatic heterocycles. The van der Waals surface area contributed by atoms with Crippen molar-refractivity contribution in [3.63, 3.8) is 0 Å². The molecular formula is C15H22ClN5O2. The Morgan fingerprint density at radius 1 is 1.13 bits per heavy atom. The Bertz CT molecular complexity index is 733. The van der Waals surface area contributed by atoms with Gasteiger partial charge in [0.25, 0.3) is 0 Å². The minimum atomic E-state index is -0.436. The van der Waals surface area contributed by atoms with E-state index in [4.69, 9.17) is 15.9 Å². The van der Waals surface area contributed by atoms with Gasteiger partial charge in [0.1, 0.15) is 6.54 Å². The summed E-state index contributed by atoms with van der Waals surface area (Å²) in [4.78, 5) is 13.6. The first-order chi connectivity index (χ1) is 10.7. The van der Waals surface area contributed by atoms with Crippen LogP contribution in [0.3, 0.4) is 0 Å². The van der Waals surface area contributed by atoms with Crippen molar-refractivity contribution in [3.8, 4) is 0 Å². The highest BCUT2D eigenvalue weighted by Gasteiger charge is 2.14. The first-order valence-electron chi connectivity index (χ1n) is 7.48. The van der Waals surface area contributed by atoms with Gasteiger partial charge in [0.2, 0.25) is 11.5 Å². The monoisotopic (exact) mass is 339 g/mol. The Kier molecular flexibility index (Phi) is 5.81. The van der Waals surface area contributed by atoms with Crippen molar-refractivity contribution in [2.24, 2.45) is 5.73 Å². The molecule has 3 N–H and O–H groups in total. The number of carbonyl (C=O) groups is 1. The predicted molar refractivity (Wildman–Crippen MR) is 89.5 cm³/mol. The molecule has 0 saturated carbocycles. The summed E-state index contributed by atoms with van der Waals surface area (Å²) in [6.07, 6.45) is 0. The van der Waals surface area contributed by atoms with Crippen LogP contribution in [0.25, 0.3) is 11.0 Å². The van der Waals surface area contributed by atoms with Gasteiger partial charge < -0.3 is 19.6 Å². The molecule has 0 bridgehead atoms. The van der Waals surface area contributed by atoms with Crippen molar-refractivity contribution >= 4 is 29.3 Å². The maximum atomic E-state index is 11.3. The van der Waals surface area contributed by atoms with E-state index in [-0.39, 0.29) is 19.0 Å². The van der Waals surface area contributed by atoms with E-state index >= 15 is 0 Å². The van der Waals surface area contributed by atoms with Gasteiger partial charge >= 0.3 is 0 Å². The van der Waals surface area contributed by atoms with Crippen LogP contribution in [-0.2, 0) is 22.6 Å². The Balaban J connectivity index is 0.00000192. The predicted octanol–water partition coefficient (Wildman–Crippen LogP) is 0.162. The van der Waals surface area contributed by atoms with Crippen molar-refractivity contribution in [1.29, 1.82) is 5.41 Å². The second-order valence-electron chi connectivity index (χ2n) is 5.47. The molecule has 1 amide bonds. The average molecular weight is 340 g/mol. The van der Waals surface area contributed by atoms with Crippen LogP contribution in [-0.4, -0.2) is 52.8 Å². The molecule has 2 heterocycles. The van der Waals surface area contributed by atoms with Gasteiger partial charge in [-0.3, -0.25) is 15.1 Å². The van der Waals surface area contributed by atoms with E-state index in [9.17, 15) is 4.79 Å². The lowest BCUT2D eigenvalue weighted by molar-refractivity contribution is -0.118. The van der Waals surface area contributed by atoms with E-state index in [0.717, 1.165) is 43.9 Å². The number of morpholine rings is 1. The van der Waals surface area contributed by atoms with Gasteiger partial charge in [-0.25, -0.2) is 0 Å². The van der Waals surface area contributed by atoms with E-state index in [2.05, 4.69) is 4.90 Å². The molecule has 1 fully saturated rings. The van der Waals surface area contributed by atoms with Crippen LogP contribution >= 0.6 is 12.4 Å². The number of carbonyl (C=O) groups excluding carboxylic acids is 1. The maximum absolute atomic E-state index is 11.3. The third kappa shape index (κ3) is 3.74. The number of hydrogen-bond donors (Lipinski definition) is 2. The zero-order valence-electron chi connectivity index (χ0n) is 12.9. The third-order valence-corrected chi connectivity index (χ3v) is 4.03. The zero-order chi connectivity index (χ0) is 15.5. The number of para-hydroxylation sites is 2. The number of rotatable bonds is 5. The van der Waals surface area contributed by atoms with Gasteiger partial charge in [-0.2, -0.15) is 0 Å². The highest BCUT2D eigenvalue weighted by molar-refractivity contribution is 5.85. The average Bonchev–Trinajstić information content (AvgIpc) is 2.78. The summed E-state index contributed by atoms with van der Waals surface area (Å²) in [6.45, 7) is 4.99. The lowest BCUT2D eigenvalue weighted by Gasteiger charge is -2.26. The quantitative estimate of drug-likeness (QED) is 0.813. The third-order valence-electron chi connectivity index (χ3n) is 4.03. The molecule has 0 unspecified atom stereocenters. The van der Waals surface area contributed by atoms with Crippen LogP contribution in [0.1, 0.15) is 0 Å². The molecular weight excluding hydrogens is 318 g/mol. The first kappa shape index (κ1) is 17.5. The molecule has 0 atom stereocenters. The summed E-state index contributed by atoms with van der Waals surface area (Å²) < 4.78 is 8.95. The number of nitrogens with zero attached hydrogens (tertiary/aromatic N) is 3. The van der Waals surface area contributed by atoms with E-state index in [1.165, 1.54) is 0 Å². The van der Waals surface area contributed by atoms with Gasteiger partial charge in [-0.1, -0.05) is 12.1 Å². The van der Waals surface area contributed by atoms with Crippen LogP contribution in [0, 0.1) is 5.41 Å². The highest BCUT2D eigenvalue weighted by Crippen LogP contribution is 2.12. The molecule has 1 aromatic carbocycles. The normalized spacial score (nSPS) is 15.5. The minimum Gasteiger partial charge on any atom is -0.379 e. The van der Waals surface area contributed by atoms with Crippen LogP contribution in [0.2, 0.25) is 0 Å². The molecule has 3 rings (SSSR count). The first-order valence-corrected chi connectivity index (χ1v) is 7.48. The maximum Gasteiger partial charge on any atom is 0.237 e. The Hall–Kier alpha value is -1.83. The molecule has 0 aliphatic carbocycles. The minimum absolute atomic E-state index is 0. The molecule has 0 radical (unpaired) electrons. The Morgan fingerprint density at radius 2 is 1.74 bits per heavy atom. The number of ether oxygens (including phenoxy) is 1. The zero-order valence-corrected chi connectivity index (χ0v) is 13.7. The van der Waals surface area contributed by atoms with Crippen molar-refractivity contribution in [3.05, 3.63) is 29.9 Å². The molecule has 23 heavy (non-hydrogen) atoms. The number of fused-ring (bicyclic) bond motifs is 1. The number of halogens is 1. The molecule has 8 heteroatoms. The topological polar surface area (TPSA) is 89.3 Å². The fraction of sp³-hybridized carbons (Fsp3) is 0.467. The number of hydrogen-bond acceptors (Lipinski definition) is 4. The molecule has 1 saturated heterocycles. The SMILES string of the molecule is Cl.N=c1n(CCN2CCOCC2)c2ccccc2n1CC(N)=O. The van der Waals surface area contributed by atoms with Crippen molar-refractivity contribution < 1.29 is 9.53 Å². The number of primary amides is 1. The number of amides is 1. The Labute approximate surface area is 140 Å². The van der Waals surface area contributed by atoms with Crippen LogP contribution < -0.4 is 11.4 Å². The second kappa shape index (κ2) is 7.63. The van der Waals surface area contributed by atoms with Crippen molar-refractivity contribution in [1.82, 2.24) is 14.0 Å². The van der Waals surface area contributed by atoms with Gasteiger partial charge in [-0.15, -0.1) is 12.4 Å². The standard InChI is InChI=1S/C15H21N5O2.ClH/c16-14(21)11-20-13-4-2-1-3-12(13)19(15(20)17)6-5-18-7-9-22-10-8-18;/h1-4,17H,5-11H2,(H2,16,21);1H. The van der Waals surface area contributed by atoms with Gasteiger partial charge in [-0.05, 0) is 12.1 Å². The highest BCUT2D eigenvalue weighted by atomic mass is 35.5. The fourth-order valence-corrected chi connectivity index (χ4v) is 2.90. The summed E-state index contributed by atoms with van der Waals surface area (Å²) in [5.74, 6) is -0.436. The van der Waals surface area contributed by atoms with Crippen LogP contribution in [0.4, 0.5) is 0 Å². The van der Waals surface area contributed by atoms with Crippen LogP contribution in [0.15, 0.2) is 24.3 Å². The fourth-order valence-electron chi connectivity index (χ4n) is 2.90. The summed E-state index contributed by atoms with van der Waals surface area (Å²) in [6, 6.07) is 7.75. The lowest BCUT2D eigenvalue weighted by atomic mass is 10.3. The smallest absolute Gasteiger partial charge is 0.237 e. The summed E-state index contributed by atoms with van der Waals surface area (Å²) in [7, 11) is 0. The summed E-state index contributed by atoms with van der Waals surface area (Å²) in [5, 5.41) is 8.36. The van der Waals surface area contributed by atoms with Crippen molar-refractivity contribution in [2.75, 3.05) is 32.8 Å². The van der Waals surface area contributed by atoms with Gasteiger partial charge in [0, 0.05) is 26.2 Å². The lowest BCUT2D eigenvalue weighted by Crippen LogP contribution is -2.39. The van der Waals surface area contributed by atoms with Crippen LogP contribution in [0.5, 0.6) is 0 Å². The second-order valence-corrected chi connectivity index (χ2v) is 5.47. The number of aromatic nitrogens is 2. The number of nitrogens with two attached hydrogens (primary N) is 1. The van der Waals surface area contributed by atoms with Crippen molar-refractivity contribution in [2.45, 2.75) is 13.1 Å². The van der Waals surface area contributed by atoms with Gasteiger partial charge in [0.15, 0.2) is 0 Å². The van der Waals surface area contributed by atoms with E-state index < -0.39 is 5.91 Å². The number of benzene rings is 1. The molecule has 7 nitrogen and oxygen atoms in total. The summed E-state index contributed by atoms with van der Waals surface area (Å²) in [5.41, 5.74) is 7.45. The largest absolute Gasteiger partial charge is 0.379 e. The van der Waals surface area contributed by atoms with E-state index in [0.29, 0.717) is 12.2 Å². The number of nitrogens with one attached hydrogen (secondary N) is 1. The molecule has 2 aromatic rings. The van der Waals surface area contributed by atoms with E-state index in [1.807, 2.05) is 28.8 Å². The molecule has 1 aliphatic rings. The summed E-state index contributed by atoms with van der Waals surface area (Å²) >= 11 is 0. The van der Waals surface area contributed by atoms with E-state index in [1.54, 1.807) is 4.57 Å².